The molecule has 1 atom stereocenters. The maximum atomic E-state index is 13.1. The van der Waals surface area contributed by atoms with Crippen molar-refractivity contribution < 1.29 is 9.13 Å². The Balaban J connectivity index is 1.76. The van der Waals surface area contributed by atoms with E-state index in [9.17, 15) is 4.39 Å². The van der Waals surface area contributed by atoms with Crippen molar-refractivity contribution in [3.05, 3.63) is 47.0 Å². The molecule has 0 fully saturated rings. The fourth-order valence-corrected chi connectivity index (χ4v) is 2.44. The van der Waals surface area contributed by atoms with Crippen LogP contribution in [-0.2, 0) is 13.0 Å². The summed E-state index contributed by atoms with van der Waals surface area (Å²) < 4.78 is 20.9. The lowest BCUT2D eigenvalue weighted by Gasteiger charge is -2.11. The number of hydrogen-bond donors (Lipinski definition) is 0. The van der Waals surface area contributed by atoms with Gasteiger partial charge in [-0.3, -0.25) is 4.68 Å². The summed E-state index contributed by atoms with van der Waals surface area (Å²) in [5, 5.41) is 4.42. The molecule has 18 heavy (non-hydrogen) atoms. The van der Waals surface area contributed by atoms with Gasteiger partial charge in [-0.25, -0.2) is 4.39 Å². The third kappa shape index (κ3) is 1.98. The summed E-state index contributed by atoms with van der Waals surface area (Å²) in [6.45, 7) is 4.71. The lowest BCUT2D eigenvalue weighted by molar-refractivity contribution is 0.202. The van der Waals surface area contributed by atoms with Crippen LogP contribution in [0.3, 0.4) is 0 Å². The molecule has 0 amide bonds. The van der Waals surface area contributed by atoms with E-state index >= 15 is 0 Å². The monoisotopic (exact) mass is 246 g/mol. The highest BCUT2D eigenvalue weighted by atomic mass is 19.1. The first-order valence-electron chi connectivity index (χ1n) is 6.08. The first-order chi connectivity index (χ1) is 8.61. The van der Waals surface area contributed by atoms with Crippen LogP contribution in [-0.4, -0.2) is 15.9 Å². The summed E-state index contributed by atoms with van der Waals surface area (Å²) in [6.07, 6.45) is 0.783. The molecule has 0 spiro atoms. The molecule has 1 aliphatic rings. The smallest absolute Gasteiger partial charge is 0.123 e. The van der Waals surface area contributed by atoms with Crippen molar-refractivity contribution in [2.45, 2.75) is 32.9 Å². The topological polar surface area (TPSA) is 27.1 Å². The molecule has 3 nitrogen and oxygen atoms in total. The number of hydrogen-bond acceptors (Lipinski definition) is 2. The molecule has 0 radical (unpaired) electrons. The number of rotatable bonds is 2. The van der Waals surface area contributed by atoms with Gasteiger partial charge in [-0.15, -0.1) is 0 Å². The minimum atomic E-state index is -0.205. The highest BCUT2D eigenvalue weighted by Gasteiger charge is 2.24. The van der Waals surface area contributed by atoms with Crippen molar-refractivity contribution in [2.75, 3.05) is 0 Å². The second-order valence-electron chi connectivity index (χ2n) is 4.81. The van der Waals surface area contributed by atoms with Gasteiger partial charge in [-0.1, -0.05) is 0 Å². The van der Waals surface area contributed by atoms with Gasteiger partial charge in [-0.2, -0.15) is 5.10 Å². The van der Waals surface area contributed by atoms with Crippen molar-refractivity contribution in [1.29, 1.82) is 0 Å². The highest BCUT2D eigenvalue weighted by molar-refractivity contribution is 5.37. The van der Waals surface area contributed by atoms with Gasteiger partial charge >= 0.3 is 0 Å². The van der Waals surface area contributed by atoms with Gasteiger partial charge in [-0.05, 0) is 38.1 Å². The predicted molar refractivity (Wildman–Crippen MR) is 66.2 cm³/mol. The number of ether oxygens (including phenoxy) is 1. The zero-order valence-electron chi connectivity index (χ0n) is 10.5. The Bertz CT molecular complexity index is 591. The third-order valence-electron chi connectivity index (χ3n) is 3.24. The van der Waals surface area contributed by atoms with Crippen LogP contribution < -0.4 is 4.74 Å². The molecular weight excluding hydrogens is 231 g/mol. The minimum absolute atomic E-state index is 0.0415. The van der Waals surface area contributed by atoms with Crippen LogP contribution >= 0.6 is 0 Å². The molecule has 0 bridgehead atoms. The lowest BCUT2D eigenvalue weighted by Crippen LogP contribution is -2.22. The fraction of sp³-hybridized carbons (Fsp3) is 0.357. The van der Waals surface area contributed by atoms with Crippen molar-refractivity contribution in [1.82, 2.24) is 9.78 Å². The average molecular weight is 246 g/mol. The van der Waals surface area contributed by atoms with Crippen LogP contribution in [0.15, 0.2) is 24.3 Å². The number of benzene rings is 1. The van der Waals surface area contributed by atoms with Crippen LogP contribution in [0.1, 0.15) is 17.0 Å². The number of nitrogens with zero attached hydrogens (tertiary/aromatic N) is 2. The second-order valence-corrected chi connectivity index (χ2v) is 4.81. The van der Waals surface area contributed by atoms with Crippen molar-refractivity contribution in [3.8, 4) is 5.75 Å². The number of aryl methyl sites for hydroxylation is 2. The van der Waals surface area contributed by atoms with E-state index in [1.807, 2.05) is 24.6 Å². The first-order valence-corrected chi connectivity index (χ1v) is 6.08. The van der Waals surface area contributed by atoms with Gasteiger partial charge in [0, 0.05) is 17.7 Å². The molecule has 0 saturated carbocycles. The number of aromatic nitrogens is 2. The third-order valence-corrected chi connectivity index (χ3v) is 3.24. The van der Waals surface area contributed by atoms with E-state index in [1.54, 1.807) is 12.1 Å². The van der Waals surface area contributed by atoms with Crippen molar-refractivity contribution >= 4 is 0 Å². The zero-order valence-corrected chi connectivity index (χ0v) is 10.5. The highest BCUT2D eigenvalue weighted by Crippen LogP contribution is 2.29. The predicted octanol–water partition coefficient (Wildman–Crippen LogP) is 2.64. The molecule has 1 unspecified atom stereocenters. The molecule has 1 aliphatic heterocycles. The quantitative estimate of drug-likeness (QED) is 0.814. The van der Waals surface area contributed by atoms with E-state index in [-0.39, 0.29) is 11.9 Å². The van der Waals surface area contributed by atoms with E-state index in [0.717, 1.165) is 29.1 Å². The van der Waals surface area contributed by atoms with E-state index in [2.05, 4.69) is 5.10 Å². The Labute approximate surface area is 105 Å². The maximum absolute atomic E-state index is 13.1. The Morgan fingerprint density at radius 3 is 2.94 bits per heavy atom. The van der Waals surface area contributed by atoms with Gasteiger partial charge in [0.2, 0.25) is 0 Å². The van der Waals surface area contributed by atoms with E-state index < -0.39 is 0 Å². The van der Waals surface area contributed by atoms with Crippen LogP contribution in [0.5, 0.6) is 5.75 Å². The van der Waals surface area contributed by atoms with Crippen LogP contribution in [0, 0.1) is 19.7 Å². The molecule has 1 aromatic heterocycles. The van der Waals surface area contributed by atoms with Gasteiger partial charge in [0.1, 0.15) is 17.7 Å². The van der Waals surface area contributed by atoms with Crippen LogP contribution in [0.25, 0.3) is 0 Å². The summed E-state index contributed by atoms with van der Waals surface area (Å²) in [4.78, 5) is 0. The van der Waals surface area contributed by atoms with Crippen LogP contribution in [0.4, 0.5) is 4.39 Å². The summed E-state index contributed by atoms with van der Waals surface area (Å²) in [6, 6.07) is 6.73. The molecule has 0 aliphatic carbocycles. The molecule has 1 aromatic carbocycles. The fourth-order valence-electron chi connectivity index (χ4n) is 2.44. The Morgan fingerprint density at radius 2 is 2.22 bits per heavy atom. The van der Waals surface area contributed by atoms with Crippen molar-refractivity contribution in [2.24, 2.45) is 0 Å². The molecule has 0 N–H and O–H groups in total. The summed E-state index contributed by atoms with van der Waals surface area (Å²) >= 11 is 0. The molecule has 3 rings (SSSR count). The van der Waals surface area contributed by atoms with E-state index in [4.69, 9.17) is 4.74 Å². The van der Waals surface area contributed by atoms with Crippen molar-refractivity contribution in [3.63, 3.8) is 0 Å². The standard InChI is InChI=1S/C14H15FN2O/c1-9-5-10(2)17(16-9)8-13-7-11-6-12(15)3-4-14(11)18-13/h3-6,13H,7-8H2,1-2H3. The first kappa shape index (κ1) is 11.3. The SMILES string of the molecule is Cc1cc(C)n(CC2Cc3cc(F)ccc3O2)n1. The maximum Gasteiger partial charge on any atom is 0.123 e. The normalized spacial score (nSPS) is 17.6. The minimum Gasteiger partial charge on any atom is -0.488 e. The largest absolute Gasteiger partial charge is 0.488 e. The van der Waals surface area contributed by atoms with E-state index in [1.165, 1.54) is 6.07 Å². The van der Waals surface area contributed by atoms with Gasteiger partial charge < -0.3 is 4.74 Å². The summed E-state index contributed by atoms with van der Waals surface area (Å²) in [5.41, 5.74) is 3.08. The van der Waals surface area contributed by atoms with Gasteiger partial charge in [0.25, 0.3) is 0 Å². The Hall–Kier alpha value is -1.84. The van der Waals surface area contributed by atoms with E-state index in [0.29, 0.717) is 6.54 Å². The Morgan fingerprint density at radius 1 is 1.39 bits per heavy atom. The summed E-state index contributed by atoms with van der Waals surface area (Å²) in [5.74, 6) is 0.590. The summed E-state index contributed by atoms with van der Waals surface area (Å²) in [7, 11) is 0. The molecule has 4 heteroatoms. The molecule has 0 saturated heterocycles. The number of halogens is 1. The molecule has 2 heterocycles. The Kier molecular flexibility index (Phi) is 2.58. The lowest BCUT2D eigenvalue weighted by atomic mass is 10.1. The van der Waals surface area contributed by atoms with Gasteiger partial charge in [0.05, 0.1) is 12.2 Å². The average Bonchev–Trinajstić information content (AvgIpc) is 2.82. The number of fused-ring (bicyclic) bond motifs is 1. The molecule has 94 valence electrons. The molecular formula is C14H15FN2O. The second kappa shape index (κ2) is 4.12. The molecule has 2 aromatic rings. The zero-order chi connectivity index (χ0) is 12.7. The van der Waals surface area contributed by atoms with Gasteiger partial charge in [0.15, 0.2) is 0 Å². The van der Waals surface area contributed by atoms with Crippen LogP contribution in [0.2, 0.25) is 0 Å².